The normalized spacial score (nSPS) is 13.1. The van der Waals surface area contributed by atoms with Crippen molar-refractivity contribution in [2.75, 3.05) is 11.9 Å². The zero-order valence-corrected chi connectivity index (χ0v) is 20.6. The monoisotopic (exact) mass is 526 g/mol. The molecule has 33 heavy (non-hydrogen) atoms. The highest BCUT2D eigenvalue weighted by atomic mass is 79.9. The average molecular weight is 527 g/mol. The highest BCUT2D eigenvalue weighted by Gasteiger charge is 2.30. The molecule has 0 aliphatic rings. The van der Waals surface area contributed by atoms with Gasteiger partial charge in [-0.15, -0.1) is 0 Å². The number of aromatic nitrogens is 2. The first-order valence-corrected chi connectivity index (χ1v) is 10.7. The second-order valence-electron chi connectivity index (χ2n) is 8.82. The number of aliphatic imine (C=N–C) groups is 2. The number of benzene rings is 1. The molecule has 6 N–H and O–H groups in total. The number of carbonyl (C=O) groups excluding carboxylic acids is 1. The summed E-state index contributed by atoms with van der Waals surface area (Å²) in [7, 11) is 0. The van der Waals surface area contributed by atoms with E-state index in [1.807, 2.05) is 33.2 Å². The Balaban J connectivity index is 2.14. The Bertz CT molecular complexity index is 1050. The van der Waals surface area contributed by atoms with Gasteiger partial charge in [-0.25, -0.2) is 19.0 Å². The molecule has 1 aromatic carbocycles. The van der Waals surface area contributed by atoms with Gasteiger partial charge in [-0.05, 0) is 70.1 Å². The lowest BCUT2D eigenvalue weighted by molar-refractivity contribution is -0.117. The second-order valence-corrected chi connectivity index (χ2v) is 9.67. The number of anilines is 1. The van der Waals surface area contributed by atoms with Gasteiger partial charge in [0, 0.05) is 13.5 Å². The van der Waals surface area contributed by atoms with Crippen molar-refractivity contribution in [3.63, 3.8) is 0 Å². The molecule has 0 saturated carbocycles. The summed E-state index contributed by atoms with van der Waals surface area (Å²) in [4.78, 5) is 19.8. The number of rotatable bonds is 8. The van der Waals surface area contributed by atoms with Gasteiger partial charge in [0.15, 0.2) is 17.5 Å². The van der Waals surface area contributed by atoms with E-state index in [9.17, 15) is 14.4 Å². The first-order valence-electron chi connectivity index (χ1n) is 9.95. The van der Waals surface area contributed by atoms with E-state index in [4.69, 9.17) is 10.4 Å². The minimum absolute atomic E-state index is 0.0388. The molecule has 0 aliphatic carbocycles. The van der Waals surface area contributed by atoms with Crippen LogP contribution in [0, 0.1) is 11.2 Å². The standard InChI is InChI=1S/C20H28BrFN8O3/c1-11(31)25-18(23)27-20(4,5)9-19(2,3)10-24-16-15(29-33-30-16)17(28-32)26-12-6-7-14(22)13(21)8-12/h6-8,32H,9-10H2,1-5H3,(H,24,30)(H,26,28)(H3,23,25,27,31). The van der Waals surface area contributed by atoms with Gasteiger partial charge in [-0.2, -0.15) is 0 Å². The summed E-state index contributed by atoms with van der Waals surface area (Å²) in [6.45, 7) is 9.67. The minimum atomic E-state index is -0.558. The molecule has 180 valence electrons. The average Bonchev–Trinajstić information content (AvgIpc) is 3.13. The third-order valence-corrected chi connectivity index (χ3v) is 4.94. The number of nitrogens with zero attached hydrogens (tertiary/aromatic N) is 4. The number of nitrogens with two attached hydrogens (primary N) is 1. The SMILES string of the molecule is CC(=O)NC(N)=NC(C)(C)CC(C)(C)CNc1nonc1C(=Nc1ccc(F)c(Br)c1)NO. The van der Waals surface area contributed by atoms with Crippen molar-refractivity contribution in [1.29, 1.82) is 0 Å². The molecule has 2 aromatic rings. The molecule has 0 atom stereocenters. The zero-order chi connectivity index (χ0) is 24.8. The molecule has 0 aliphatic heterocycles. The minimum Gasteiger partial charge on any atom is -0.370 e. The fourth-order valence-corrected chi connectivity index (χ4v) is 3.77. The van der Waals surface area contributed by atoms with Gasteiger partial charge in [0.1, 0.15) is 5.82 Å². The van der Waals surface area contributed by atoms with Crippen molar-refractivity contribution in [1.82, 2.24) is 21.1 Å². The van der Waals surface area contributed by atoms with Gasteiger partial charge in [0.25, 0.3) is 0 Å². The predicted molar refractivity (Wildman–Crippen MR) is 126 cm³/mol. The van der Waals surface area contributed by atoms with Crippen LogP contribution in [0.5, 0.6) is 0 Å². The summed E-state index contributed by atoms with van der Waals surface area (Å²) < 4.78 is 18.5. The Morgan fingerprint density at radius 2 is 2.00 bits per heavy atom. The van der Waals surface area contributed by atoms with Crippen LogP contribution in [-0.2, 0) is 4.79 Å². The lowest BCUT2D eigenvalue weighted by atomic mass is 9.80. The Kier molecular flexibility index (Phi) is 8.50. The van der Waals surface area contributed by atoms with Crippen molar-refractivity contribution < 1.29 is 19.0 Å². The van der Waals surface area contributed by atoms with E-state index in [1.165, 1.54) is 25.1 Å². The van der Waals surface area contributed by atoms with Crippen LogP contribution in [0.15, 0.2) is 37.3 Å². The number of hydrogen-bond donors (Lipinski definition) is 5. The Morgan fingerprint density at radius 1 is 1.30 bits per heavy atom. The molecule has 0 fully saturated rings. The quantitative estimate of drug-likeness (QED) is 0.199. The first kappa shape index (κ1) is 26.2. The lowest BCUT2D eigenvalue weighted by Crippen LogP contribution is -2.40. The number of amidine groups is 1. The smallest absolute Gasteiger partial charge is 0.223 e. The van der Waals surface area contributed by atoms with Crippen molar-refractivity contribution in [2.45, 2.75) is 46.6 Å². The van der Waals surface area contributed by atoms with E-state index in [2.05, 4.69) is 46.9 Å². The fourth-order valence-electron chi connectivity index (χ4n) is 3.41. The molecule has 0 radical (unpaired) electrons. The van der Waals surface area contributed by atoms with E-state index in [0.29, 0.717) is 18.7 Å². The maximum absolute atomic E-state index is 13.5. The van der Waals surface area contributed by atoms with Crippen LogP contribution in [0.2, 0.25) is 0 Å². The topological polar surface area (TPSA) is 163 Å². The van der Waals surface area contributed by atoms with Gasteiger partial charge in [-0.1, -0.05) is 13.8 Å². The molecule has 1 heterocycles. The number of halogens is 2. The van der Waals surface area contributed by atoms with Gasteiger partial charge in [0.2, 0.25) is 11.7 Å². The third-order valence-electron chi connectivity index (χ3n) is 4.34. The summed E-state index contributed by atoms with van der Waals surface area (Å²) >= 11 is 3.09. The summed E-state index contributed by atoms with van der Waals surface area (Å²) in [6.07, 6.45) is 0.608. The summed E-state index contributed by atoms with van der Waals surface area (Å²) in [5, 5.41) is 22.8. The molecule has 0 spiro atoms. The van der Waals surface area contributed by atoms with Crippen molar-refractivity contribution in [3.05, 3.63) is 34.2 Å². The molecular weight excluding hydrogens is 499 g/mol. The Labute approximate surface area is 199 Å². The molecule has 13 heteroatoms. The van der Waals surface area contributed by atoms with Crippen LogP contribution in [0.1, 0.15) is 46.7 Å². The number of amides is 1. The van der Waals surface area contributed by atoms with E-state index in [1.54, 1.807) is 0 Å². The van der Waals surface area contributed by atoms with E-state index in [-0.39, 0.29) is 39.1 Å². The van der Waals surface area contributed by atoms with Crippen LogP contribution in [0.25, 0.3) is 0 Å². The summed E-state index contributed by atoms with van der Waals surface area (Å²) in [6, 6.07) is 4.13. The fraction of sp³-hybridized carbons (Fsp3) is 0.450. The molecule has 11 nitrogen and oxygen atoms in total. The van der Waals surface area contributed by atoms with Gasteiger partial charge in [-0.3, -0.25) is 20.8 Å². The number of guanidine groups is 1. The molecule has 1 aromatic heterocycles. The van der Waals surface area contributed by atoms with E-state index < -0.39 is 11.4 Å². The molecule has 0 unspecified atom stereocenters. The molecule has 1 amide bonds. The summed E-state index contributed by atoms with van der Waals surface area (Å²) in [5.41, 5.74) is 7.40. The zero-order valence-electron chi connectivity index (χ0n) is 19.0. The predicted octanol–water partition coefficient (Wildman–Crippen LogP) is 3.09. The van der Waals surface area contributed by atoms with Crippen LogP contribution < -0.4 is 21.8 Å². The number of nitrogens with one attached hydrogen (secondary N) is 3. The van der Waals surface area contributed by atoms with Crippen molar-refractivity contribution in [2.24, 2.45) is 21.1 Å². The highest BCUT2D eigenvalue weighted by Crippen LogP contribution is 2.31. The second kappa shape index (κ2) is 10.7. The van der Waals surface area contributed by atoms with E-state index >= 15 is 0 Å². The Morgan fingerprint density at radius 3 is 2.61 bits per heavy atom. The molecular formula is C20H28BrFN8O3. The molecule has 0 bridgehead atoms. The largest absolute Gasteiger partial charge is 0.370 e. The maximum atomic E-state index is 13.5. The number of hydroxylamine groups is 1. The van der Waals surface area contributed by atoms with Gasteiger partial charge < -0.3 is 11.1 Å². The molecule has 0 saturated heterocycles. The van der Waals surface area contributed by atoms with Crippen molar-refractivity contribution in [3.8, 4) is 0 Å². The maximum Gasteiger partial charge on any atom is 0.223 e. The third kappa shape index (κ3) is 8.09. The Hall–Kier alpha value is -3.06. The molecule has 2 rings (SSSR count). The van der Waals surface area contributed by atoms with Gasteiger partial charge >= 0.3 is 0 Å². The summed E-state index contributed by atoms with van der Waals surface area (Å²) in [5.74, 6) is -0.457. The highest BCUT2D eigenvalue weighted by molar-refractivity contribution is 9.10. The van der Waals surface area contributed by atoms with Crippen LogP contribution >= 0.6 is 15.9 Å². The van der Waals surface area contributed by atoms with E-state index in [0.717, 1.165) is 0 Å². The van der Waals surface area contributed by atoms with Crippen LogP contribution in [0.3, 0.4) is 0 Å². The number of hydrogen-bond acceptors (Lipinski definition) is 8. The van der Waals surface area contributed by atoms with Crippen molar-refractivity contribution >= 4 is 45.1 Å². The van der Waals surface area contributed by atoms with Crippen LogP contribution in [0.4, 0.5) is 15.9 Å². The first-order chi connectivity index (χ1) is 15.3. The van der Waals surface area contributed by atoms with Crippen LogP contribution in [-0.4, -0.2) is 45.3 Å². The van der Waals surface area contributed by atoms with Gasteiger partial charge in [0.05, 0.1) is 15.7 Å². The lowest BCUT2D eigenvalue weighted by Gasteiger charge is -2.32. The number of carbonyl (C=O) groups is 1.